The number of aldehydes is 5. The fraction of sp³-hybridized carbons (Fsp3) is 0.900. The summed E-state index contributed by atoms with van der Waals surface area (Å²) in [6.07, 6.45) is 44.5. The van der Waals surface area contributed by atoms with Gasteiger partial charge in [-0.25, -0.2) is 0 Å². The largest absolute Gasteiger partial charge is 0.303 e. The molecule has 11 aliphatic carbocycles. The van der Waals surface area contributed by atoms with Gasteiger partial charge in [-0.1, -0.05) is 71.6 Å². The maximum absolute atomic E-state index is 10.9. The van der Waals surface area contributed by atoms with E-state index in [2.05, 4.69) is 13.8 Å². The van der Waals surface area contributed by atoms with Gasteiger partial charge < -0.3 is 24.0 Å². The molecule has 11 rings (SSSR count). The van der Waals surface area contributed by atoms with E-state index in [1.165, 1.54) is 218 Å². The van der Waals surface area contributed by atoms with Crippen molar-refractivity contribution in [2.75, 3.05) is 0 Å². The molecule has 5 nitrogen and oxygen atoms in total. The summed E-state index contributed by atoms with van der Waals surface area (Å²) in [6.45, 7) is 4.52. The van der Waals surface area contributed by atoms with E-state index >= 15 is 0 Å². The van der Waals surface area contributed by atoms with Crippen LogP contribution in [0.3, 0.4) is 0 Å². The van der Waals surface area contributed by atoms with Gasteiger partial charge in [0, 0.05) is 29.6 Å². The molecule has 0 radical (unpaired) electrons. The zero-order valence-electron chi connectivity index (χ0n) is 35.1. The molecule has 0 aromatic carbocycles. The molecule has 4 bridgehead atoms. The summed E-state index contributed by atoms with van der Waals surface area (Å²) in [5.74, 6) is 5.40. The molecular weight excluding hydrogens is 681 g/mol. The molecule has 9 atom stereocenters. The molecule has 308 valence electrons. The minimum Gasteiger partial charge on any atom is -0.303 e. The highest BCUT2D eigenvalue weighted by molar-refractivity contribution is 5.59. The number of rotatable bonds is 5. The van der Waals surface area contributed by atoms with E-state index in [1.54, 1.807) is 0 Å². The lowest BCUT2D eigenvalue weighted by Gasteiger charge is -2.48. The van der Waals surface area contributed by atoms with Gasteiger partial charge >= 0.3 is 0 Å². The summed E-state index contributed by atoms with van der Waals surface area (Å²) in [6, 6.07) is 0. The zero-order chi connectivity index (χ0) is 38.7. The predicted molar refractivity (Wildman–Crippen MR) is 219 cm³/mol. The fourth-order valence-corrected chi connectivity index (χ4v) is 15.3. The van der Waals surface area contributed by atoms with Crippen LogP contribution in [0.25, 0.3) is 0 Å². The third-order valence-electron chi connectivity index (χ3n) is 19.5. The quantitative estimate of drug-likeness (QED) is 0.261. The molecule has 9 unspecified atom stereocenters. The van der Waals surface area contributed by atoms with Crippen LogP contribution in [0.2, 0.25) is 0 Å². The maximum Gasteiger partial charge on any atom is 0.123 e. The molecule has 11 aliphatic rings. The lowest BCUT2D eigenvalue weighted by Crippen LogP contribution is -2.40. The number of carbonyl (C=O) groups excluding carboxylic acids is 5. The van der Waals surface area contributed by atoms with E-state index in [4.69, 9.17) is 0 Å². The lowest BCUT2D eigenvalue weighted by molar-refractivity contribution is -0.120. The lowest BCUT2D eigenvalue weighted by atomic mass is 9.56. The van der Waals surface area contributed by atoms with Gasteiger partial charge in [0.15, 0.2) is 0 Å². The topological polar surface area (TPSA) is 85.3 Å². The van der Waals surface area contributed by atoms with Crippen molar-refractivity contribution in [3.05, 3.63) is 0 Å². The van der Waals surface area contributed by atoms with Crippen LogP contribution in [0.15, 0.2) is 0 Å². The van der Waals surface area contributed by atoms with Crippen LogP contribution in [0.1, 0.15) is 200 Å². The summed E-state index contributed by atoms with van der Waals surface area (Å²) < 4.78 is 0. The highest BCUT2D eigenvalue weighted by atomic mass is 16.1. The molecule has 11 saturated carbocycles. The number of hydrogen-bond acceptors (Lipinski definition) is 5. The second-order valence-corrected chi connectivity index (χ2v) is 22.0. The normalized spacial score (nSPS) is 40.1. The number of hydrogen-bond donors (Lipinski definition) is 0. The molecule has 0 heterocycles. The van der Waals surface area contributed by atoms with Crippen LogP contribution in [0, 0.1) is 80.3 Å². The van der Waals surface area contributed by atoms with E-state index in [1.807, 2.05) is 0 Å². The van der Waals surface area contributed by atoms with Crippen molar-refractivity contribution in [3.63, 3.8) is 0 Å². The second-order valence-electron chi connectivity index (χ2n) is 22.0. The van der Waals surface area contributed by atoms with Gasteiger partial charge in [-0.3, -0.25) is 0 Å². The van der Waals surface area contributed by atoms with E-state index in [0.717, 1.165) is 23.7 Å². The SMILES string of the molecule is CC1(C)C2CCC(C2)C1C=O.O=CC1C2CCC(C2)C12CC2.O=CC1CCCCC12CC2.O=CC1CCCCC12CCC2.O=CC1CCCCC12CCCC2. The predicted octanol–water partition coefficient (Wildman–Crippen LogP) is 11.9. The third kappa shape index (κ3) is 8.18. The molecule has 55 heavy (non-hydrogen) atoms. The molecular formula is C50H78O5. The Hall–Kier alpha value is -1.65. The molecule has 0 saturated heterocycles. The third-order valence-corrected chi connectivity index (χ3v) is 19.5. The Bertz CT molecular complexity index is 1300. The fourth-order valence-electron chi connectivity index (χ4n) is 15.3. The average molecular weight is 759 g/mol. The second kappa shape index (κ2) is 17.3. The van der Waals surface area contributed by atoms with Gasteiger partial charge in [0.1, 0.15) is 31.4 Å². The number of carbonyl (C=O) groups is 5. The van der Waals surface area contributed by atoms with Crippen molar-refractivity contribution in [1.29, 1.82) is 0 Å². The average Bonchev–Trinajstić information content (AvgIpc) is 3.75. The molecule has 0 N–H and O–H groups in total. The van der Waals surface area contributed by atoms with E-state index in [-0.39, 0.29) is 0 Å². The van der Waals surface area contributed by atoms with Gasteiger partial charge in [-0.15, -0.1) is 0 Å². The van der Waals surface area contributed by atoms with Crippen molar-refractivity contribution in [2.45, 2.75) is 200 Å². The first-order valence-corrected chi connectivity index (χ1v) is 23.9. The molecule has 11 fully saturated rings. The minimum absolute atomic E-state index is 0.310. The van der Waals surface area contributed by atoms with Crippen LogP contribution in [-0.2, 0) is 24.0 Å². The Morgan fingerprint density at radius 3 is 1.04 bits per heavy atom. The molecule has 0 aromatic rings. The van der Waals surface area contributed by atoms with Crippen molar-refractivity contribution in [1.82, 2.24) is 0 Å². The molecule has 5 heteroatoms. The van der Waals surface area contributed by atoms with Crippen LogP contribution in [0.4, 0.5) is 0 Å². The standard InChI is InChI=1S/C11H18O.C10H14O.2C10H16O.C9H14O/c12-9-10-5-1-2-6-11(10)7-3-4-8-11;11-6-9-7-1-2-8(5-7)10(9)3-4-10;1-10(2)8-4-3-7(5-8)9(10)6-11;11-8-9-4-1-2-5-10(9)6-3-7-10;10-7-8-3-1-2-4-9(8)5-6-9/h9-10H,1-8H2;6-9H,1-5H2;6-9H,3-5H2,1-2H3;8-9H,1-7H2;7-8H,1-6H2. The van der Waals surface area contributed by atoms with Crippen LogP contribution in [0.5, 0.6) is 0 Å². The Morgan fingerprint density at radius 1 is 0.364 bits per heavy atom. The van der Waals surface area contributed by atoms with Crippen molar-refractivity contribution in [3.8, 4) is 0 Å². The summed E-state index contributed by atoms with van der Waals surface area (Å²) in [7, 11) is 0. The van der Waals surface area contributed by atoms with Gasteiger partial charge in [-0.05, 0) is 179 Å². The Labute approximate surface area is 334 Å². The van der Waals surface area contributed by atoms with Gasteiger partial charge in [0.25, 0.3) is 0 Å². The van der Waals surface area contributed by atoms with E-state index in [0.29, 0.717) is 56.7 Å². The van der Waals surface area contributed by atoms with Crippen LogP contribution in [-0.4, -0.2) is 31.4 Å². The summed E-state index contributed by atoms with van der Waals surface area (Å²) in [4.78, 5) is 54.0. The van der Waals surface area contributed by atoms with Crippen molar-refractivity contribution < 1.29 is 24.0 Å². The summed E-state index contributed by atoms with van der Waals surface area (Å²) >= 11 is 0. The molecule has 0 aromatic heterocycles. The van der Waals surface area contributed by atoms with E-state index in [9.17, 15) is 24.0 Å². The minimum atomic E-state index is 0.310. The first-order valence-electron chi connectivity index (χ1n) is 23.9. The van der Waals surface area contributed by atoms with Gasteiger partial charge in [-0.2, -0.15) is 0 Å². The van der Waals surface area contributed by atoms with Crippen LogP contribution >= 0.6 is 0 Å². The Balaban J connectivity index is 0.000000106. The Morgan fingerprint density at radius 2 is 0.745 bits per heavy atom. The van der Waals surface area contributed by atoms with E-state index < -0.39 is 0 Å². The highest BCUT2D eigenvalue weighted by Crippen LogP contribution is 2.71. The Kier molecular flexibility index (Phi) is 13.0. The first kappa shape index (κ1) is 41.5. The van der Waals surface area contributed by atoms with Gasteiger partial charge in [0.2, 0.25) is 0 Å². The van der Waals surface area contributed by atoms with Crippen molar-refractivity contribution in [2.24, 2.45) is 80.3 Å². The maximum atomic E-state index is 10.9. The van der Waals surface area contributed by atoms with Gasteiger partial charge in [0.05, 0.1) is 0 Å². The smallest absolute Gasteiger partial charge is 0.123 e. The molecule has 0 aliphatic heterocycles. The monoisotopic (exact) mass is 759 g/mol. The first-order chi connectivity index (χ1) is 26.6. The van der Waals surface area contributed by atoms with Crippen LogP contribution < -0.4 is 0 Å². The zero-order valence-corrected chi connectivity index (χ0v) is 35.1. The van der Waals surface area contributed by atoms with Crippen molar-refractivity contribution >= 4 is 31.4 Å². The number of fused-ring (bicyclic) bond motifs is 5. The molecule has 4 spiro atoms. The highest BCUT2D eigenvalue weighted by Gasteiger charge is 2.64. The summed E-state index contributed by atoms with van der Waals surface area (Å²) in [5, 5.41) is 0. The summed E-state index contributed by atoms with van der Waals surface area (Å²) in [5.41, 5.74) is 2.37. The molecule has 0 amide bonds.